The summed E-state index contributed by atoms with van der Waals surface area (Å²) >= 11 is 5.80. The molecule has 0 amide bonds. The SMILES string of the molecule is COC(=O)CCNc1cc(Cl)ccc1C#N. The second-order valence-electron chi connectivity index (χ2n) is 3.05. The molecule has 1 N–H and O–H groups in total. The summed E-state index contributed by atoms with van der Waals surface area (Å²) < 4.78 is 4.50. The Bertz CT molecular complexity index is 426. The molecule has 0 heterocycles. The van der Waals surface area contributed by atoms with Crippen molar-refractivity contribution in [1.82, 2.24) is 0 Å². The van der Waals surface area contributed by atoms with Crippen molar-refractivity contribution >= 4 is 23.3 Å². The standard InChI is InChI=1S/C11H11ClN2O2/c1-16-11(15)4-5-14-10-6-9(12)3-2-8(10)7-13/h2-3,6,14H,4-5H2,1H3. The van der Waals surface area contributed by atoms with Crippen LogP contribution in [0.3, 0.4) is 0 Å². The van der Waals surface area contributed by atoms with Crippen LogP contribution >= 0.6 is 11.6 Å². The summed E-state index contributed by atoms with van der Waals surface area (Å²) in [6.45, 7) is 0.404. The molecule has 0 unspecified atom stereocenters. The van der Waals surface area contributed by atoms with E-state index in [0.29, 0.717) is 22.8 Å². The molecule has 0 saturated carbocycles. The molecule has 1 aromatic rings. The molecule has 0 spiro atoms. The quantitative estimate of drug-likeness (QED) is 0.817. The van der Waals surface area contributed by atoms with Crippen LogP contribution in [0.4, 0.5) is 5.69 Å². The first-order chi connectivity index (χ1) is 7.67. The van der Waals surface area contributed by atoms with Gasteiger partial charge in [0.15, 0.2) is 0 Å². The maximum atomic E-state index is 10.9. The van der Waals surface area contributed by atoms with E-state index in [9.17, 15) is 4.79 Å². The first-order valence-electron chi connectivity index (χ1n) is 4.67. The number of halogens is 1. The van der Waals surface area contributed by atoms with Crippen LogP contribution in [0.15, 0.2) is 18.2 Å². The van der Waals surface area contributed by atoms with Gasteiger partial charge in [0.05, 0.1) is 24.8 Å². The largest absolute Gasteiger partial charge is 0.469 e. The fourth-order valence-electron chi connectivity index (χ4n) is 1.16. The zero-order valence-electron chi connectivity index (χ0n) is 8.79. The predicted molar refractivity (Wildman–Crippen MR) is 61.3 cm³/mol. The van der Waals surface area contributed by atoms with E-state index >= 15 is 0 Å². The average molecular weight is 239 g/mol. The number of nitrogens with one attached hydrogen (secondary N) is 1. The number of benzene rings is 1. The maximum absolute atomic E-state index is 10.9. The third kappa shape index (κ3) is 3.44. The van der Waals surface area contributed by atoms with E-state index in [2.05, 4.69) is 10.1 Å². The van der Waals surface area contributed by atoms with Gasteiger partial charge in [0.25, 0.3) is 0 Å². The van der Waals surface area contributed by atoms with E-state index in [4.69, 9.17) is 16.9 Å². The molecular weight excluding hydrogens is 228 g/mol. The van der Waals surface area contributed by atoms with Crippen molar-refractivity contribution in [2.75, 3.05) is 19.0 Å². The van der Waals surface area contributed by atoms with Gasteiger partial charge in [0, 0.05) is 11.6 Å². The molecule has 0 bridgehead atoms. The average Bonchev–Trinajstić information content (AvgIpc) is 2.29. The number of hydrogen-bond acceptors (Lipinski definition) is 4. The van der Waals surface area contributed by atoms with Gasteiger partial charge in [-0.05, 0) is 18.2 Å². The van der Waals surface area contributed by atoms with E-state index in [0.717, 1.165) is 0 Å². The van der Waals surface area contributed by atoms with Gasteiger partial charge in [-0.2, -0.15) is 5.26 Å². The predicted octanol–water partition coefficient (Wildman–Crippen LogP) is 2.19. The highest BCUT2D eigenvalue weighted by Crippen LogP contribution is 2.20. The van der Waals surface area contributed by atoms with Crippen molar-refractivity contribution in [2.45, 2.75) is 6.42 Å². The number of ether oxygens (including phenoxy) is 1. The minimum Gasteiger partial charge on any atom is -0.469 e. The van der Waals surface area contributed by atoms with E-state index in [1.807, 2.05) is 6.07 Å². The van der Waals surface area contributed by atoms with Gasteiger partial charge in [-0.25, -0.2) is 0 Å². The minimum absolute atomic E-state index is 0.244. The molecule has 1 rings (SSSR count). The molecule has 0 aromatic heterocycles. The van der Waals surface area contributed by atoms with Crippen molar-refractivity contribution in [1.29, 1.82) is 5.26 Å². The number of anilines is 1. The van der Waals surface area contributed by atoms with Crippen LogP contribution in [-0.4, -0.2) is 19.6 Å². The van der Waals surface area contributed by atoms with Crippen LogP contribution in [0.1, 0.15) is 12.0 Å². The van der Waals surface area contributed by atoms with Crippen LogP contribution in [0.2, 0.25) is 5.02 Å². The Morgan fingerprint density at radius 1 is 1.62 bits per heavy atom. The number of hydrogen-bond donors (Lipinski definition) is 1. The van der Waals surface area contributed by atoms with Gasteiger partial charge in [-0.1, -0.05) is 11.6 Å². The first kappa shape index (κ1) is 12.3. The number of rotatable bonds is 4. The third-order valence-electron chi connectivity index (χ3n) is 1.97. The molecule has 0 saturated heterocycles. The Morgan fingerprint density at radius 3 is 3.00 bits per heavy atom. The van der Waals surface area contributed by atoms with Gasteiger partial charge in [0.2, 0.25) is 0 Å². The Balaban J connectivity index is 2.63. The van der Waals surface area contributed by atoms with Gasteiger partial charge >= 0.3 is 5.97 Å². The maximum Gasteiger partial charge on any atom is 0.307 e. The lowest BCUT2D eigenvalue weighted by Crippen LogP contribution is -2.10. The van der Waals surface area contributed by atoms with E-state index < -0.39 is 0 Å². The molecule has 84 valence electrons. The number of methoxy groups -OCH3 is 1. The summed E-state index contributed by atoms with van der Waals surface area (Å²) in [5.41, 5.74) is 1.12. The number of esters is 1. The highest BCUT2D eigenvalue weighted by Gasteiger charge is 2.04. The summed E-state index contributed by atoms with van der Waals surface area (Å²) in [4.78, 5) is 10.9. The molecular formula is C11H11ClN2O2. The Hall–Kier alpha value is -1.73. The molecule has 0 aliphatic rings. The van der Waals surface area contributed by atoms with E-state index in [-0.39, 0.29) is 12.4 Å². The molecule has 4 nitrogen and oxygen atoms in total. The van der Waals surface area contributed by atoms with Crippen LogP contribution < -0.4 is 5.32 Å². The fourth-order valence-corrected chi connectivity index (χ4v) is 1.33. The molecule has 0 radical (unpaired) electrons. The van der Waals surface area contributed by atoms with Crippen LogP contribution in [0, 0.1) is 11.3 Å². The minimum atomic E-state index is -0.298. The summed E-state index contributed by atoms with van der Waals surface area (Å²) in [5, 5.41) is 12.3. The van der Waals surface area contributed by atoms with Gasteiger partial charge in [-0.3, -0.25) is 4.79 Å². The lowest BCUT2D eigenvalue weighted by Gasteiger charge is -2.07. The summed E-state index contributed by atoms with van der Waals surface area (Å²) in [5.74, 6) is -0.298. The topological polar surface area (TPSA) is 62.1 Å². The highest BCUT2D eigenvalue weighted by molar-refractivity contribution is 6.30. The number of carbonyl (C=O) groups is 1. The fraction of sp³-hybridized carbons (Fsp3) is 0.273. The Morgan fingerprint density at radius 2 is 2.38 bits per heavy atom. The van der Waals surface area contributed by atoms with Crippen LogP contribution in [-0.2, 0) is 9.53 Å². The van der Waals surface area contributed by atoms with Crippen molar-refractivity contribution < 1.29 is 9.53 Å². The van der Waals surface area contributed by atoms with Crippen molar-refractivity contribution in [3.63, 3.8) is 0 Å². The lowest BCUT2D eigenvalue weighted by atomic mass is 10.2. The molecule has 1 aromatic carbocycles. The normalized spacial score (nSPS) is 9.31. The van der Waals surface area contributed by atoms with Crippen molar-refractivity contribution in [3.05, 3.63) is 28.8 Å². The smallest absolute Gasteiger partial charge is 0.307 e. The van der Waals surface area contributed by atoms with Gasteiger partial charge in [0.1, 0.15) is 6.07 Å². The zero-order valence-corrected chi connectivity index (χ0v) is 9.54. The van der Waals surface area contributed by atoms with E-state index in [1.54, 1.807) is 18.2 Å². The van der Waals surface area contributed by atoms with Crippen molar-refractivity contribution in [2.24, 2.45) is 0 Å². The van der Waals surface area contributed by atoms with Crippen molar-refractivity contribution in [3.8, 4) is 6.07 Å². The second-order valence-corrected chi connectivity index (χ2v) is 3.49. The second kappa shape index (κ2) is 5.99. The summed E-state index contributed by atoms with van der Waals surface area (Å²) in [6, 6.07) is 6.96. The van der Waals surface area contributed by atoms with Crippen LogP contribution in [0.25, 0.3) is 0 Å². The number of carbonyl (C=O) groups excluding carboxylic acids is 1. The van der Waals surface area contributed by atoms with E-state index in [1.165, 1.54) is 7.11 Å². The first-order valence-corrected chi connectivity index (χ1v) is 5.05. The molecule has 0 atom stereocenters. The van der Waals surface area contributed by atoms with Gasteiger partial charge in [-0.15, -0.1) is 0 Å². The summed E-state index contributed by atoms with van der Waals surface area (Å²) in [7, 11) is 1.34. The third-order valence-corrected chi connectivity index (χ3v) is 2.21. The summed E-state index contributed by atoms with van der Waals surface area (Å²) in [6.07, 6.45) is 0.244. The highest BCUT2D eigenvalue weighted by atomic mass is 35.5. The Kier molecular flexibility index (Phi) is 4.62. The lowest BCUT2D eigenvalue weighted by molar-refractivity contribution is -0.140. The zero-order chi connectivity index (χ0) is 12.0. The molecule has 0 aliphatic heterocycles. The monoisotopic (exact) mass is 238 g/mol. The van der Waals surface area contributed by atoms with Crippen LogP contribution in [0.5, 0.6) is 0 Å². The molecule has 5 heteroatoms. The number of nitrogens with zero attached hydrogens (tertiary/aromatic N) is 1. The van der Waals surface area contributed by atoms with Gasteiger partial charge < -0.3 is 10.1 Å². The number of nitriles is 1. The Labute approximate surface area is 98.8 Å². The molecule has 0 aliphatic carbocycles. The molecule has 0 fully saturated rings. The molecule has 16 heavy (non-hydrogen) atoms.